The van der Waals surface area contributed by atoms with Gasteiger partial charge in [0, 0.05) is 24.6 Å². The summed E-state index contributed by atoms with van der Waals surface area (Å²) in [6.45, 7) is 2.91. The number of aryl methyl sites for hydroxylation is 1. The minimum Gasteiger partial charge on any atom is -0.484 e. The normalized spacial score (nSPS) is 16.0. The Hall–Kier alpha value is -2.82. The number of carbonyl (C=O) groups excluding carboxylic acids is 2. The fraction of sp³-hybridized carbons (Fsp3) is 0.263. The van der Waals surface area contributed by atoms with Gasteiger partial charge >= 0.3 is 0 Å². The molecule has 0 saturated heterocycles. The third-order valence-electron chi connectivity index (χ3n) is 4.15. The fourth-order valence-corrected chi connectivity index (χ4v) is 2.81. The Morgan fingerprint density at radius 1 is 1.21 bits per heavy atom. The number of fused-ring (bicyclic) bond motifs is 1. The van der Waals surface area contributed by atoms with E-state index in [2.05, 4.69) is 10.6 Å². The molecule has 2 aromatic rings. The van der Waals surface area contributed by atoms with Gasteiger partial charge in [-0.15, -0.1) is 0 Å². The lowest BCUT2D eigenvalue weighted by atomic mass is 9.90. The van der Waals surface area contributed by atoms with Gasteiger partial charge < -0.3 is 15.4 Å². The van der Waals surface area contributed by atoms with E-state index >= 15 is 0 Å². The van der Waals surface area contributed by atoms with E-state index in [4.69, 9.17) is 4.74 Å². The largest absolute Gasteiger partial charge is 0.484 e. The molecule has 2 amide bonds. The lowest BCUT2D eigenvalue weighted by molar-refractivity contribution is -0.123. The first kappa shape index (κ1) is 16.1. The van der Waals surface area contributed by atoms with E-state index < -0.39 is 0 Å². The first-order valence-corrected chi connectivity index (χ1v) is 7.97. The second-order valence-electron chi connectivity index (χ2n) is 5.85. The number of ether oxygens (including phenoxy) is 1. The van der Waals surface area contributed by atoms with E-state index in [9.17, 15) is 9.59 Å². The minimum atomic E-state index is -0.173. The van der Waals surface area contributed by atoms with E-state index in [1.54, 1.807) is 6.07 Å². The molecule has 5 heteroatoms. The van der Waals surface area contributed by atoms with Crippen LogP contribution in [0.1, 0.15) is 27.4 Å². The van der Waals surface area contributed by atoms with Crippen LogP contribution in [0, 0.1) is 6.92 Å². The summed E-state index contributed by atoms with van der Waals surface area (Å²) in [5.41, 5.74) is 2.65. The van der Waals surface area contributed by atoms with Crippen LogP contribution in [0.15, 0.2) is 48.5 Å². The first-order valence-electron chi connectivity index (χ1n) is 7.97. The average Bonchev–Trinajstić information content (AvgIpc) is 2.61. The van der Waals surface area contributed by atoms with Crippen LogP contribution in [0.25, 0.3) is 0 Å². The molecule has 1 aliphatic heterocycles. The summed E-state index contributed by atoms with van der Waals surface area (Å²) in [4.78, 5) is 23.9. The summed E-state index contributed by atoms with van der Waals surface area (Å²) >= 11 is 0. The maximum Gasteiger partial charge on any atom is 0.257 e. The number of rotatable bonds is 5. The van der Waals surface area contributed by atoms with Crippen LogP contribution in [0.3, 0.4) is 0 Å². The summed E-state index contributed by atoms with van der Waals surface area (Å²) in [5.74, 6) is 0.549. The molecule has 3 rings (SSSR count). The molecule has 0 saturated carbocycles. The zero-order chi connectivity index (χ0) is 16.9. The van der Waals surface area contributed by atoms with Crippen molar-refractivity contribution in [3.05, 3.63) is 65.2 Å². The molecule has 1 heterocycles. The highest BCUT2D eigenvalue weighted by Crippen LogP contribution is 2.23. The second-order valence-corrected chi connectivity index (χ2v) is 5.85. The first-order chi connectivity index (χ1) is 11.6. The van der Waals surface area contributed by atoms with Gasteiger partial charge in [0.1, 0.15) is 5.75 Å². The van der Waals surface area contributed by atoms with E-state index in [-0.39, 0.29) is 24.3 Å². The molecule has 124 valence electrons. The molecule has 0 bridgehead atoms. The van der Waals surface area contributed by atoms with Crippen molar-refractivity contribution in [3.8, 4) is 5.75 Å². The van der Waals surface area contributed by atoms with Crippen molar-refractivity contribution in [2.24, 2.45) is 0 Å². The number of para-hydroxylation sites is 1. The number of nitrogens with one attached hydrogen (secondary N) is 2. The molecule has 0 fully saturated rings. The minimum absolute atomic E-state index is 0.0222. The van der Waals surface area contributed by atoms with E-state index in [0.29, 0.717) is 24.4 Å². The zero-order valence-electron chi connectivity index (χ0n) is 13.5. The maximum atomic E-state index is 12.0. The Labute approximate surface area is 141 Å². The number of hydrogen-bond donors (Lipinski definition) is 2. The molecule has 0 aliphatic carbocycles. The van der Waals surface area contributed by atoms with Crippen LogP contribution < -0.4 is 15.4 Å². The Balaban J connectivity index is 1.55. The zero-order valence-corrected chi connectivity index (χ0v) is 13.5. The van der Waals surface area contributed by atoms with Crippen LogP contribution in [0.5, 0.6) is 5.75 Å². The van der Waals surface area contributed by atoms with Crippen molar-refractivity contribution in [2.45, 2.75) is 12.8 Å². The fourth-order valence-electron chi connectivity index (χ4n) is 2.81. The summed E-state index contributed by atoms with van der Waals surface area (Å²) in [6, 6.07) is 15.1. The molecular formula is C19H20N2O3. The molecule has 2 aromatic carbocycles. The SMILES string of the molecule is Cc1ccccc1OCC(=O)NCC1CNC(=O)c2ccccc21. The maximum absolute atomic E-state index is 12.0. The Morgan fingerprint density at radius 3 is 2.79 bits per heavy atom. The molecule has 1 aliphatic rings. The van der Waals surface area contributed by atoms with Gasteiger partial charge in [0.25, 0.3) is 11.8 Å². The molecule has 0 spiro atoms. The molecule has 1 unspecified atom stereocenters. The van der Waals surface area contributed by atoms with Crippen molar-refractivity contribution in [2.75, 3.05) is 19.7 Å². The molecule has 5 nitrogen and oxygen atoms in total. The van der Waals surface area contributed by atoms with Gasteiger partial charge in [0.15, 0.2) is 6.61 Å². The van der Waals surface area contributed by atoms with Gasteiger partial charge in [-0.2, -0.15) is 0 Å². The van der Waals surface area contributed by atoms with Crippen molar-refractivity contribution in [3.63, 3.8) is 0 Å². The molecular weight excluding hydrogens is 304 g/mol. The number of benzene rings is 2. The Morgan fingerprint density at radius 2 is 1.96 bits per heavy atom. The second kappa shape index (κ2) is 7.17. The smallest absolute Gasteiger partial charge is 0.257 e. The van der Waals surface area contributed by atoms with Gasteiger partial charge in [0.2, 0.25) is 0 Å². The van der Waals surface area contributed by atoms with Gasteiger partial charge in [-0.25, -0.2) is 0 Å². The highest BCUT2D eigenvalue weighted by atomic mass is 16.5. The van der Waals surface area contributed by atoms with Crippen molar-refractivity contribution in [1.29, 1.82) is 0 Å². The van der Waals surface area contributed by atoms with Crippen molar-refractivity contribution < 1.29 is 14.3 Å². The quantitative estimate of drug-likeness (QED) is 0.884. The van der Waals surface area contributed by atoms with Gasteiger partial charge in [0.05, 0.1) is 0 Å². The average molecular weight is 324 g/mol. The van der Waals surface area contributed by atoms with Crippen molar-refractivity contribution >= 4 is 11.8 Å². The van der Waals surface area contributed by atoms with Gasteiger partial charge in [-0.3, -0.25) is 9.59 Å². The van der Waals surface area contributed by atoms with Gasteiger partial charge in [-0.1, -0.05) is 36.4 Å². The van der Waals surface area contributed by atoms with Gasteiger partial charge in [-0.05, 0) is 30.2 Å². The van der Waals surface area contributed by atoms with E-state index in [0.717, 1.165) is 11.1 Å². The summed E-state index contributed by atoms with van der Waals surface area (Å²) in [5, 5.41) is 5.74. The summed E-state index contributed by atoms with van der Waals surface area (Å²) < 4.78 is 5.54. The third kappa shape index (κ3) is 3.56. The predicted octanol–water partition coefficient (Wildman–Crippen LogP) is 2.02. The number of hydrogen-bond acceptors (Lipinski definition) is 3. The van der Waals surface area contributed by atoms with Crippen LogP contribution in [-0.4, -0.2) is 31.5 Å². The standard InChI is InChI=1S/C19H20N2O3/c1-13-6-2-5-9-17(13)24-12-18(22)20-10-14-11-21-19(23)16-8-4-3-7-15(14)16/h2-9,14H,10-12H2,1H3,(H,20,22)(H,21,23). The Kier molecular flexibility index (Phi) is 4.79. The van der Waals surface area contributed by atoms with Crippen molar-refractivity contribution in [1.82, 2.24) is 10.6 Å². The number of amides is 2. The molecule has 0 radical (unpaired) electrons. The van der Waals surface area contributed by atoms with Crippen LogP contribution in [0.4, 0.5) is 0 Å². The van der Waals surface area contributed by atoms with Crippen LogP contribution in [0.2, 0.25) is 0 Å². The lowest BCUT2D eigenvalue weighted by Crippen LogP contribution is -2.41. The predicted molar refractivity (Wildman–Crippen MR) is 91.2 cm³/mol. The summed E-state index contributed by atoms with van der Waals surface area (Å²) in [6.07, 6.45) is 0. The summed E-state index contributed by atoms with van der Waals surface area (Å²) in [7, 11) is 0. The van der Waals surface area contributed by atoms with E-state index in [1.807, 2.05) is 49.4 Å². The third-order valence-corrected chi connectivity index (χ3v) is 4.15. The topological polar surface area (TPSA) is 67.4 Å². The van der Waals surface area contributed by atoms with Crippen LogP contribution in [-0.2, 0) is 4.79 Å². The lowest BCUT2D eigenvalue weighted by Gasteiger charge is -2.25. The highest BCUT2D eigenvalue weighted by molar-refractivity contribution is 5.97. The molecule has 0 aromatic heterocycles. The highest BCUT2D eigenvalue weighted by Gasteiger charge is 2.24. The van der Waals surface area contributed by atoms with Crippen LogP contribution >= 0.6 is 0 Å². The number of carbonyl (C=O) groups is 2. The molecule has 1 atom stereocenters. The van der Waals surface area contributed by atoms with E-state index in [1.165, 1.54) is 0 Å². The molecule has 24 heavy (non-hydrogen) atoms. The molecule has 2 N–H and O–H groups in total. The monoisotopic (exact) mass is 324 g/mol. The Bertz CT molecular complexity index is 758.